The van der Waals surface area contributed by atoms with Crippen molar-refractivity contribution in [1.29, 1.82) is 5.26 Å². The lowest BCUT2D eigenvalue weighted by Gasteiger charge is -2.26. The van der Waals surface area contributed by atoms with Crippen LogP contribution in [0.25, 0.3) is 10.6 Å². The number of ether oxygens (including phenoxy) is 2. The van der Waals surface area contributed by atoms with E-state index < -0.39 is 0 Å². The zero-order valence-electron chi connectivity index (χ0n) is 17.7. The zero-order chi connectivity index (χ0) is 21.5. The predicted octanol–water partition coefficient (Wildman–Crippen LogP) is 3.09. The molecule has 1 aliphatic heterocycles. The van der Waals surface area contributed by atoms with Gasteiger partial charge in [-0.1, -0.05) is 13.8 Å². The van der Waals surface area contributed by atoms with E-state index in [1.807, 2.05) is 13.0 Å². The van der Waals surface area contributed by atoms with Crippen molar-refractivity contribution in [2.45, 2.75) is 20.8 Å². The number of hydrogen-bond acceptors (Lipinski definition) is 7. The summed E-state index contributed by atoms with van der Waals surface area (Å²) in [6, 6.07) is 7.65. The van der Waals surface area contributed by atoms with Gasteiger partial charge in [0.25, 0.3) is 5.91 Å². The Bertz CT molecular complexity index is 914. The highest BCUT2D eigenvalue weighted by molar-refractivity contribution is 7.17. The molecule has 0 saturated carbocycles. The molecular formula is C22H28N4O3S. The van der Waals surface area contributed by atoms with Crippen LogP contribution in [0.5, 0.6) is 5.75 Å². The van der Waals surface area contributed by atoms with Gasteiger partial charge in [-0.3, -0.25) is 9.69 Å². The SMILES string of the molecule is Cc1nc(-c2ccc(OCC(C)C)c(C#N)c2)sc1C(=O)NCCN1CCOCC1. The molecule has 160 valence electrons. The van der Waals surface area contributed by atoms with Gasteiger partial charge < -0.3 is 14.8 Å². The summed E-state index contributed by atoms with van der Waals surface area (Å²) in [5.41, 5.74) is 1.97. The molecule has 1 aromatic heterocycles. The standard InChI is InChI=1S/C22H28N4O3S/c1-15(2)14-29-19-5-4-17(12-18(19)13-23)22-25-16(3)20(30-22)21(27)24-6-7-26-8-10-28-11-9-26/h4-5,12,15H,6-11,14H2,1-3H3,(H,24,27). The van der Waals surface area contributed by atoms with Gasteiger partial charge in [0.15, 0.2) is 0 Å². The van der Waals surface area contributed by atoms with Crippen molar-refractivity contribution < 1.29 is 14.3 Å². The summed E-state index contributed by atoms with van der Waals surface area (Å²) in [5, 5.41) is 13.2. The molecule has 30 heavy (non-hydrogen) atoms. The summed E-state index contributed by atoms with van der Waals surface area (Å²) in [4.78, 5) is 20.1. The number of rotatable bonds is 8. The van der Waals surface area contributed by atoms with E-state index in [2.05, 4.69) is 35.1 Å². The number of hydrogen-bond donors (Lipinski definition) is 1. The van der Waals surface area contributed by atoms with Crippen LogP contribution in [0.15, 0.2) is 18.2 Å². The zero-order valence-corrected chi connectivity index (χ0v) is 18.6. The molecule has 1 aliphatic rings. The van der Waals surface area contributed by atoms with Crippen LogP contribution >= 0.6 is 11.3 Å². The number of morpholine rings is 1. The first-order chi connectivity index (χ1) is 14.5. The summed E-state index contributed by atoms with van der Waals surface area (Å²) < 4.78 is 11.1. The maximum absolute atomic E-state index is 12.6. The maximum atomic E-state index is 12.6. The largest absolute Gasteiger partial charge is 0.492 e. The second-order valence-corrected chi connectivity index (χ2v) is 8.67. The predicted molar refractivity (Wildman–Crippen MR) is 117 cm³/mol. The first kappa shape index (κ1) is 22.2. The van der Waals surface area contributed by atoms with E-state index in [9.17, 15) is 10.1 Å². The molecule has 0 spiro atoms. The molecule has 0 unspecified atom stereocenters. The Morgan fingerprint density at radius 2 is 2.17 bits per heavy atom. The Labute approximate surface area is 181 Å². The van der Waals surface area contributed by atoms with Gasteiger partial charge in [-0.25, -0.2) is 4.98 Å². The number of nitrogens with zero attached hydrogens (tertiary/aromatic N) is 3. The molecule has 1 saturated heterocycles. The minimum absolute atomic E-state index is 0.109. The van der Waals surface area contributed by atoms with Crippen molar-refractivity contribution in [2.75, 3.05) is 46.0 Å². The monoisotopic (exact) mass is 428 g/mol. The van der Waals surface area contributed by atoms with Crippen molar-refractivity contribution in [3.63, 3.8) is 0 Å². The molecule has 0 bridgehead atoms. The highest BCUT2D eigenvalue weighted by Gasteiger charge is 2.18. The van der Waals surface area contributed by atoms with Gasteiger partial charge in [0, 0.05) is 31.7 Å². The van der Waals surface area contributed by atoms with Gasteiger partial charge in [0.1, 0.15) is 21.7 Å². The molecule has 1 aromatic carbocycles. The van der Waals surface area contributed by atoms with E-state index in [4.69, 9.17) is 9.47 Å². The summed E-state index contributed by atoms with van der Waals surface area (Å²) in [6.45, 7) is 11.2. The average Bonchev–Trinajstić information content (AvgIpc) is 3.14. The molecule has 0 aliphatic carbocycles. The molecule has 1 N–H and O–H groups in total. The summed E-state index contributed by atoms with van der Waals surface area (Å²) in [7, 11) is 0. The number of nitrogens with one attached hydrogen (secondary N) is 1. The summed E-state index contributed by atoms with van der Waals surface area (Å²) in [5.74, 6) is 0.841. The Kier molecular flexibility index (Phi) is 7.80. The number of carbonyl (C=O) groups excluding carboxylic acids is 1. The third kappa shape index (κ3) is 5.79. The summed E-state index contributed by atoms with van der Waals surface area (Å²) in [6.07, 6.45) is 0. The van der Waals surface area contributed by atoms with Crippen LogP contribution in [0, 0.1) is 24.2 Å². The molecule has 1 amide bonds. The van der Waals surface area contributed by atoms with E-state index in [1.54, 1.807) is 12.1 Å². The van der Waals surface area contributed by atoms with Crippen LogP contribution in [0.1, 0.15) is 34.8 Å². The Morgan fingerprint density at radius 3 is 2.87 bits per heavy atom. The van der Waals surface area contributed by atoms with E-state index in [0.29, 0.717) is 41.0 Å². The number of nitriles is 1. The number of amides is 1. The van der Waals surface area contributed by atoms with Crippen molar-refractivity contribution >= 4 is 17.2 Å². The fraction of sp³-hybridized carbons (Fsp3) is 0.500. The lowest BCUT2D eigenvalue weighted by molar-refractivity contribution is 0.0383. The molecule has 7 nitrogen and oxygen atoms in total. The smallest absolute Gasteiger partial charge is 0.263 e. The Morgan fingerprint density at radius 1 is 1.40 bits per heavy atom. The molecule has 2 aromatic rings. The van der Waals surface area contributed by atoms with Crippen LogP contribution in [-0.4, -0.2) is 61.8 Å². The van der Waals surface area contributed by atoms with Crippen LogP contribution in [0.3, 0.4) is 0 Å². The minimum Gasteiger partial charge on any atom is -0.492 e. The number of thiazole rings is 1. The van der Waals surface area contributed by atoms with E-state index in [1.165, 1.54) is 11.3 Å². The first-order valence-corrected chi connectivity index (χ1v) is 11.0. The number of aryl methyl sites for hydroxylation is 1. The molecule has 0 radical (unpaired) electrons. The van der Waals surface area contributed by atoms with Gasteiger partial charge in [0.05, 0.1) is 31.1 Å². The number of aromatic nitrogens is 1. The highest BCUT2D eigenvalue weighted by atomic mass is 32.1. The van der Waals surface area contributed by atoms with Gasteiger partial charge in [-0.2, -0.15) is 5.26 Å². The topological polar surface area (TPSA) is 87.5 Å². The fourth-order valence-electron chi connectivity index (χ4n) is 3.10. The minimum atomic E-state index is -0.109. The molecule has 3 rings (SSSR count). The second-order valence-electron chi connectivity index (χ2n) is 7.67. The second kappa shape index (κ2) is 10.5. The first-order valence-electron chi connectivity index (χ1n) is 10.2. The molecule has 1 fully saturated rings. The fourth-order valence-corrected chi connectivity index (χ4v) is 4.07. The lowest BCUT2D eigenvalue weighted by atomic mass is 10.1. The van der Waals surface area contributed by atoms with E-state index in [-0.39, 0.29) is 5.91 Å². The van der Waals surface area contributed by atoms with Crippen LogP contribution in [0.2, 0.25) is 0 Å². The third-order valence-corrected chi connectivity index (χ3v) is 5.94. The number of carbonyl (C=O) groups is 1. The summed E-state index contributed by atoms with van der Waals surface area (Å²) >= 11 is 1.34. The van der Waals surface area contributed by atoms with Crippen molar-refractivity contribution in [3.05, 3.63) is 34.3 Å². The van der Waals surface area contributed by atoms with Crippen molar-refractivity contribution in [2.24, 2.45) is 5.92 Å². The highest BCUT2D eigenvalue weighted by Crippen LogP contribution is 2.31. The van der Waals surface area contributed by atoms with Crippen LogP contribution in [-0.2, 0) is 4.74 Å². The Balaban J connectivity index is 1.66. The Hall–Kier alpha value is -2.47. The normalized spacial score (nSPS) is 14.5. The average molecular weight is 429 g/mol. The van der Waals surface area contributed by atoms with Crippen LogP contribution < -0.4 is 10.1 Å². The quantitative estimate of drug-likeness (QED) is 0.695. The lowest BCUT2D eigenvalue weighted by Crippen LogP contribution is -2.41. The maximum Gasteiger partial charge on any atom is 0.263 e. The number of benzene rings is 1. The molecule has 2 heterocycles. The third-order valence-electron chi connectivity index (χ3n) is 4.74. The molecule has 8 heteroatoms. The van der Waals surface area contributed by atoms with E-state index in [0.717, 1.165) is 43.4 Å². The van der Waals surface area contributed by atoms with Crippen molar-refractivity contribution in [3.8, 4) is 22.4 Å². The van der Waals surface area contributed by atoms with Crippen molar-refractivity contribution in [1.82, 2.24) is 15.2 Å². The van der Waals surface area contributed by atoms with E-state index >= 15 is 0 Å². The molecule has 0 atom stereocenters. The van der Waals surface area contributed by atoms with Gasteiger partial charge in [-0.15, -0.1) is 11.3 Å². The van der Waals surface area contributed by atoms with Gasteiger partial charge in [0.2, 0.25) is 0 Å². The molecular weight excluding hydrogens is 400 g/mol. The van der Waals surface area contributed by atoms with Gasteiger partial charge >= 0.3 is 0 Å². The van der Waals surface area contributed by atoms with Gasteiger partial charge in [-0.05, 0) is 31.0 Å². The van der Waals surface area contributed by atoms with Crippen LogP contribution in [0.4, 0.5) is 0 Å².